The molecule has 1 aromatic heterocycles. The predicted molar refractivity (Wildman–Crippen MR) is 84.2 cm³/mol. The van der Waals surface area contributed by atoms with E-state index in [9.17, 15) is 9.59 Å². The van der Waals surface area contributed by atoms with Crippen LogP contribution in [-0.4, -0.2) is 27.2 Å². The zero-order chi connectivity index (χ0) is 15.4. The molecule has 2 rings (SSSR count). The number of thioether (sulfide) groups is 1. The number of aromatic nitrogens is 1. The number of thiazole rings is 1. The highest BCUT2D eigenvalue weighted by molar-refractivity contribution is 8.02. The normalized spacial score (nSPS) is 11.9. The third-order valence-corrected chi connectivity index (χ3v) is 5.00. The van der Waals surface area contributed by atoms with Gasteiger partial charge < -0.3 is 10.4 Å². The number of hydrogen-bond acceptors (Lipinski definition) is 5. The summed E-state index contributed by atoms with van der Waals surface area (Å²) < 4.78 is 0.584. The van der Waals surface area contributed by atoms with E-state index in [1.54, 1.807) is 13.8 Å². The lowest BCUT2D eigenvalue weighted by molar-refractivity contribution is -0.115. The monoisotopic (exact) mass is 322 g/mol. The second-order valence-electron chi connectivity index (χ2n) is 4.31. The van der Waals surface area contributed by atoms with Gasteiger partial charge in [-0.1, -0.05) is 30.0 Å². The summed E-state index contributed by atoms with van der Waals surface area (Å²) in [6.07, 6.45) is 0. The summed E-state index contributed by atoms with van der Waals surface area (Å²) in [5.41, 5.74) is 1.21. The molecule has 1 unspecified atom stereocenters. The lowest BCUT2D eigenvalue weighted by Crippen LogP contribution is -2.22. The van der Waals surface area contributed by atoms with Crippen LogP contribution in [0.1, 0.15) is 22.3 Å². The number of amides is 1. The molecule has 0 radical (unpaired) electrons. The number of para-hydroxylation sites is 1. The molecule has 0 spiro atoms. The van der Waals surface area contributed by atoms with Crippen LogP contribution in [0, 0.1) is 6.92 Å². The highest BCUT2D eigenvalue weighted by atomic mass is 32.2. The smallest absolute Gasteiger partial charge is 0.347 e. The van der Waals surface area contributed by atoms with Crippen LogP contribution < -0.4 is 5.32 Å². The van der Waals surface area contributed by atoms with Crippen LogP contribution in [0.5, 0.6) is 0 Å². The van der Waals surface area contributed by atoms with Crippen molar-refractivity contribution in [3.8, 4) is 0 Å². The summed E-state index contributed by atoms with van der Waals surface area (Å²) in [4.78, 5) is 27.4. The number of anilines is 1. The van der Waals surface area contributed by atoms with Crippen LogP contribution in [0.2, 0.25) is 0 Å². The van der Waals surface area contributed by atoms with E-state index in [4.69, 9.17) is 5.11 Å². The molecule has 1 amide bonds. The first-order chi connectivity index (χ1) is 9.97. The standard InChI is InChI=1S/C14H14N2O3S2/c1-8-11(13(18)19)21-14(15-8)20-9(2)12(17)16-10-6-4-3-5-7-10/h3-7,9H,1-2H3,(H,16,17)(H,18,19). The van der Waals surface area contributed by atoms with E-state index in [1.807, 2.05) is 30.3 Å². The lowest BCUT2D eigenvalue weighted by atomic mass is 10.3. The molecule has 0 saturated carbocycles. The summed E-state index contributed by atoms with van der Waals surface area (Å²) in [5.74, 6) is -1.13. The van der Waals surface area contributed by atoms with E-state index >= 15 is 0 Å². The Kier molecular flexibility index (Phi) is 4.98. The predicted octanol–water partition coefficient (Wildman–Crippen LogP) is 3.27. The fourth-order valence-electron chi connectivity index (χ4n) is 1.59. The van der Waals surface area contributed by atoms with Gasteiger partial charge in [0, 0.05) is 5.69 Å². The van der Waals surface area contributed by atoms with Crippen LogP contribution in [-0.2, 0) is 4.79 Å². The molecule has 0 fully saturated rings. The first-order valence-electron chi connectivity index (χ1n) is 6.20. The average molecular weight is 322 g/mol. The Balaban J connectivity index is 2.01. The van der Waals surface area contributed by atoms with Gasteiger partial charge in [-0.05, 0) is 26.0 Å². The molecule has 0 aliphatic carbocycles. The van der Waals surface area contributed by atoms with E-state index in [2.05, 4.69) is 10.3 Å². The van der Waals surface area contributed by atoms with Gasteiger partial charge >= 0.3 is 5.97 Å². The summed E-state index contributed by atoms with van der Waals surface area (Å²) in [5, 5.41) is 11.4. The van der Waals surface area contributed by atoms with E-state index in [1.165, 1.54) is 11.8 Å². The SMILES string of the molecule is Cc1nc(SC(C)C(=O)Nc2ccccc2)sc1C(=O)O. The Bertz CT molecular complexity index is 655. The van der Waals surface area contributed by atoms with Gasteiger partial charge in [-0.2, -0.15) is 0 Å². The maximum Gasteiger partial charge on any atom is 0.347 e. The highest BCUT2D eigenvalue weighted by Crippen LogP contribution is 2.30. The number of aromatic carboxylic acids is 1. The van der Waals surface area contributed by atoms with Crippen molar-refractivity contribution in [3.63, 3.8) is 0 Å². The maximum atomic E-state index is 12.1. The second-order valence-corrected chi connectivity index (χ2v) is 6.90. The molecule has 0 saturated heterocycles. The van der Waals surface area contributed by atoms with Gasteiger partial charge in [0.2, 0.25) is 5.91 Å². The number of benzene rings is 1. The molecule has 2 N–H and O–H groups in total. The van der Waals surface area contributed by atoms with E-state index < -0.39 is 5.97 Å². The number of rotatable bonds is 5. The minimum atomic E-state index is -0.988. The van der Waals surface area contributed by atoms with Crippen molar-refractivity contribution in [1.29, 1.82) is 0 Å². The molecule has 1 aromatic carbocycles. The van der Waals surface area contributed by atoms with E-state index in [0.29, 0.717) is 10.0 Å². The second kappa shape index (κ2) is 6.73. The summed E-state index contributed by atoms with van der Waals surface area (Å²) in [7, 11) is 0. The molecule has 7 heteroatoms. The number of carboxylic acid groups (broad SMARTS) is 1. The zero-order valence-electron chi connectivity index (χ0n) is 11.5. The van der Waals surface area contributed by atoms with Crippen molar-refractivity contribution in [1.82, 2.24) is 4.98 Å². The molecule has 1 atom stereocenters. The van der Waals surface area contributed by atoms with Crippen molar-refractivity contribution in [2.45, 2.75) is 23.4 Å². The summed E-state index contributed by atoms with van der Waals surface area (Å²) >= 11 is 2.35. The third kappa shape index (κ3) is 4.05. The Morgan fingerprint density at radius 1 is 1.33 bits per heavy atom. The Hall–Kier alpha value is -1.86. The van der Waals surface area contributed by atoms with E-state index in [0.717, 1.165) is 17.0 Å². The average Bonchev–Trinajstić information content (AvgIpc) is 2.80. The molecule has 21 heavy (non-hydrogen) atoms. The number of hydrogen-bond donors (Lipinski definition) is 2. The van der Waals surface area contributed by atoms with Crippen molar-refractivity contribution >= 4 is 40.7 Å². The number of carbonyl (C=O) groups is 2. The Morgan fingerprint density at radius 2 is 2.00 bits per heavy atom. The van der Waals surface area contributed by atoms with Gasteiger partial charge in [0.25, 0.3) is 0 Å². The topological polar surface area (TPSA) is 79.3 Å². The van der Waals surface area contributed by atoms with Gasteiger partial charge in [0.1, 0.15) is 4.88 Å². The molecule has 0 aliphatic heterocycles. The summed E-state index contributed by atoms with van der Waals surface area (Å²) in [6, 6.07) is 9.18. The molecule has 0 bridgehead atoms. The van der Waals surface area contributed by atoms with Gasteiger partial charge in [0.15, 0.2) is 4.34 Å². The minimum Gasteiger partial charge on any atom is -0.477 e. The largest absolute Gasteiger partial charge is 0.477 e. The fraction of sp³-hybridized carbons (Fsp3) is 0.214. The van der Waals surface area contributed by atoms with Crippen LogP contribution in [0.25, 0.3) is 0 Å². The summed E-state index contributed by atoms with van der Waals surface area (Å²) in [6.45, 7) is 3.42. The van der Waals surface area contributed by atoms with Crippen molar-refractivity contribution in [3.05, 3.63) is 40.9 Å². The quantitative estimate of drug-likeness (QED) is 0.826. The number of nitrogens with zero attached hydrogens (tertiary/aromatic N) is 1. The van der Waals surface area contributed by atoms with Crippen LogP contribution in [0.3, 0.4) is 0 Å². The molecular formula is C14H14N2O3S2. The van der Waals surface area contributed by atoms with Gasteiger partial charge in [0.05, 0.1) is 10.9 Å². The van der Waals surface area contributed by atoms with Crippen LogP contribution in [0.4, 0.5) is 5.69 Å². The number of carbonyl (C=O) groups excluding carboxylic acids is 1. The Labute approximate surface area is 130 Å². The van der Waals surface area contributed by atoms with Crippen molar-refractivity contribution in [2.24, 2.45) is 0 Å². The Morgan fingerprint density at radius 3 is 2.57 bits per heavy atom. The maximum absolute atomic E-state index is 12.1. The van der Waals surface area contributed by atoms with Crippen LogP contribution >= 0.6 is 23.1 Å². The third-order valence-electron chi connectivity index (χ3n) is 2.66. The number of carboxylic acids is 1. The number of aryl methyl sites for hydroxylation is 1. The number of nitrogens with one attached hydrogen (secondary N) is 1. The van der Waals surface area contributed by atoms with Crippen molar-refractivity contribution < 1.29 is 14.7 Å². The molecule has 110 valence electrons. The van der Waals surface area contributed by atoms with Gasteiger partial charge in [-0.15, -0.1) is 11.3 Å². The van der Waals surface area contributed by atoms with Gasteiger partial charge in [-0.25, -0.2) is 9.78 Å². The van der Waals surface area contributed by atoms with E-state index in [-0.39, 0.29) is 16.0 Å². The first-order valence-corrected chi connectivity index (χ1v) is 7.90. The minimum absolute atomic E-state index is 0.143. The van der Waals surface area contributed by atoms with Gasteiger partial charge in [-0.3, -0.25) is 4.79 Å². The molecule has 2 aromatic rings. The highest BCUT2D eigenvalue weighted by Gasteiger charge is 2.19. The molecular weight excluding hydrogens is 308 g/mol. The molecule has 0 aliphatic rings. The first kappa shape index (κ1) is 15.5. The zero-order valence-corrected chi connectivity index (χ0v) is 13.1. The lowest BCUT2D eigenvalue weighted by Gasteiger charge is -2.10. The fourth-order valence-corrected chi connectivity index (χ4v) is 3.76. The molecule has 5 nitrogen and oxygen atoms in total. The molecule has 1 heterocycles. The van der Waals surface area contributed by atoms with Crippen molar-refractivity contribution in [2.75, 3.05) is 5.32 Å². The van der Waals surface area contributed by atoms with Crippen LogP contribution in [0.15, 0.2) is 34.7 Å².